The number of hydrogen-bond acceptors (Lipinski definition) is 6. The number of methoxy groups -OCH3 is 1. The molecule has 9 heteroatoms. The molecule has 2 fully saturated rings. The van der Waals surface area contributed by atoms with Crippen LogP contribution in [0.25, 0.3) is 27.7 Å². The van der Waals surface area contributed by atoms with Gasteiger partial charge in [-0.3, -0.25) is 14.0 Å². The molecule has 37 heavy (non-hydrogen) atoms. The minimum atomic E-state index is -0.321. The predicted octanol–water partition coefficient (Wildman–Crippen LogP) is 3.03. The molecular formula is C28H36N6O3. The first-order valence-corrected chi connectivity index (χ1v) is 13.1. The Morgan fingerprint density at radius 1 is 0.973 bits per heavy atom. The molecule has 0 aliphatic carbocycles. The SMILES string of the molecule is COC.Cn1c2ccccc2n2c3nc(N4CCCC4)ccc3c(=O)c(C(=O)NCCN3CCCC3)c12. The maximum Gasteiger partial charge on any atom is 0.259 e. The molecule has 0 radical (unpaired) electrons. The average Bonchev–Trinajstić information content (AvgIpc) is 3.67. The summed E-state index contributed by atoms with van der Waals surface area (Å²) in [5.74, 6) is 0.562. The van der Waals surface area contributed by atoms with Gasteiger partial charge in [-0.25, -0.2) is 4.98 Å². The summed E-state index contributed by atoms with van der Waals surface area (Å²) >= 11 is 0. The van der Waals surface area contributed by atoms with E-state index < -0.39 is 0 Å². The second kappa shape index (κ2) is 10.9. The van der Waals surface area contributed by atoms with E-state index in [2.05, 4.69) is 19.9 Å². The van der Waals surface area contributed by atoms with E-state index in [4.69, 9.17) is 4.98 Å². The monoisotopic (exact) mass is 504 g/mol. The van der Waals surface area contributed by atoms with Gasteiger partial charge in [0.05, 0.1) is 16.4 Å². The lowest BCUT2D eigenvalue weighted by Gasteiger charge is -2.18. The molecule has 1 aromatic carbocycles. The van der Waals surface area contributed by atoms with Gasteiger partial charge in [-0.05, 0) is 63.0 Å². The van der Waals surface area contributed by atoms with Gasteiger partial charge >= 0.3 is 0 Å². The average molecular weight is 505 g/mol. The number of imidazole rings is 1. The Hall–Kier alpha value is -3.43. The molecule has 0 bridgehead atoms. The van der Waals surface area contributed by atoms with Gasteiger partial charge in [0.25, 0.3) is 5.91 Å². The van der Waals surface area contributed by atoms with Crippen LogP contribution in [0.5, 0.6) is 0 Å². The maximum atomic E-state index is 13.7. The molecule has 1 N–H and O–H groups in total. The van der Waals surface area contributed by atoms with E-state index >= 15 is 0 Å². The molecule has 0 saturated carbocycles. The van der Waals surface area contributed by atoms with Crippen molar-refractivity contribution in [3.8, 4) is 0 Å². The minimum Gasteiger partial charge on any atom is -0.388 e. The summed E-state index contributed by atoms with van der Waals surface area (Å²) in [6.07, 6.45) is 4.73. The molecule has 9 nitrogen and oxygen atoms in total. The number of ether oxygens (including phenoxy) is 1. The summed E-state index contributed by atoms with van der Waals surface area (Å²) in [5.41, 5.74) is 3.00. The largest absolute Gasteiger partial charge is 0.388 e. The van der Waals surface area contributed by atoms with Crippen LogP contribution in [0.2, 0.25) is 0 Å². The molecular weight excluding hydrogens is 468 g/mol. The van der Waals surface area contributed by atoms with Crippen molar-refractivity contribution in [2.45, 2.75) is 25.7 Å². The number of pyridine rings is 2. The summed E-state index contributed by atoms with van der Waals surface area (Å²) in [5, 5.41) is 3.49. The van der Waals surface area contributed by atoms with E-state index in [9.17, 15) is 9.59 Å². The van der Waals surface area contributed by atoms with Crippen LogP contribution in [-0.4, -0.2) is 78.2 Å². The molecule has 2 saturated heterocycles. The van der Waals surface area contributed by atoms with Crippen molar-refractivity contribution in [2.24, 2.45) is 7.05 Å². The van der Waals surface area contributed by atoms with Crippen LogP contribution in [0.1, 0.15) is 36.0 Å². The Balaban J connectivity index is 0.000000892. The summed E-state index contributed by atoms with van der Waals surface area (Å²) in [6.45, 7) is 5.44. The number of rotatable bonds is 5. The number of nitrogens with one attached hydrogen (secondary N) is 1. The van der Waals surface area contributed by atoms with Crippen LogP contribution in [0.15, 0.2) is 41.2 Å². The second-order valence-corrected chi connectivity index (χ2v) is 9.86. The van der Waals surface area contributed by atoms with E-state index in [0.717, 1.165) is 62.4 Å². The number of amides is 1. The Morgan fingerprint density at radius 3 is 2.32 bits per heavy atom. The standard InChI is InChI=1S/C26H30N6O2.C2H6O/c1-29-19-8-2-3-9-20(19)32-24-18(10-11-21(28-24)31-15-6-7-16-31)23(33)22(26(29)32)25(34)27-12-17-30-13-4-5-14-30;1-3-2/h2-3,8-11H,4-7,12-17H2,1H3,(H,27,34);1-2H3. The fourth-order valence-corrected chi connectivity index (χ4v) is 5.58. The number of hydrogen-bond donors (Lipinski definition) is 1. The third-order valence-corrected chi connectivity index (χ3v) is 7.35. The van der Waals surface area contributed by atoms with Crippen LogP contribution in [-0.2, 0) is 11.8 Å². The number of fused-ring (bicyclic) bond motifs is 5. The topological polar surface area (TPSA) is 84.1 Å². The summed E-state index contributed by atoms with van der Waals surface area (Å²) in [4.78, 5) is 36.7. The van der Waals surface area contributed by atoms with Gasteiger partial charge in [-0.15, -0.1) is 0 Å². The van der Waals surface area contributed by atoms with E-state index in [1.807, 2.05) is 52.4 Å². The van der Waals surface area contributed by atoms with Crippen LogP contribution in [0.4, 0.5) is 5.82 Å². The third kappa shape index (κ3) is 4.69. The van der Waals surface area contributed by atoms with E-state index in [1.165, 1.54) is 12.8 Å². The first-order chi connectivity index (χ1) is 18.0. The van der Waals surface area contributed by atoms with Gasteiger partial charge in [0.15, 0.2) is 5.65 Å². The predicted molar refractivity (Wildman–Crippen MR) is 148 cm³/mol. The second-order valence-electron chi connectivity index (χ2n) is 9.86. The number of benzene rings is 1. The summed E-state index contributed by atoms with van der Waals surface area (Å²) < 4.78 is 8.18. The van der Waals surface area contributed by atoms with Gasteiger partial charge in [-0.1, -0.05) is 12.1 Å². The first kappa shape index (κ1) is 25.2. The van der Waals surface area contributed by atoms with E-state index in [0.29, 0.717) is 23.2 Å². The maximum absolute atomic E-state index is 13.7. The Labute approximate surface area is 216 Å². The molecule has 5 heterocycles. The highest BCUT2D eigenvalue weighted by Crippen LogP contribution is 2.27. The van der Waals surface area contributed by atoms with Crippen molar-refractivity contribution in [2.75, 3.05) is 58.4 Å². The summed E-state index contributed by atoms with van der Waals surface area (Å²) in [7, 11) is 5.16. The number of anilines is 1. The molecule has 0 spiro atoms. The molecule has 4 aromatic rings. The van der Waals surface area contributed by atoms with Crippen LogP contribution in [0, 0.1) is 0 Å². The van der Waals surface area contributed by atoms with Gasteiger partial charge in [-0.2, -0.15) is 0 Å². The van der Waals surface area contributed by atoms with Crippen LogP contribution in [0.3, 0.4) is 0 Å². The van der Waals surface area contributed by atoms with Gasteiger partial charge in [0.2, 0.25) is 5.43 Å². The number of nitrogens with zero attached hydrogens (tertiary/aromatic N) is 5. The Morgan fingerprint density at radius 2 is 1.62 bits per heavy atom. The van der Waals surface area contributed by atoms with Crippen molar-refractivity contribution in [3.63, 3.8) is 0 Å². The van der Waals surface area contributed by atoms with Gasteiger partial charge in [0, 0.05) is 47.4 Å². The molecule has 3 aromatic heterocycles. The van der Waals surface area contributed by atoms with Crippen molar-refractivity contribution in [1.29, 1.82) is 0 Å². The highest BCUT2D eigenvalue weighted by Gasteiger charge is 2.25. The number of aromatic nitrogens is 3. The van der Waals surface area contributed by atoms with Gasteiger partial charge in [0.1, 0.15) is 17.0 Å². The number of likely N-dealkylation sites (tertiary alicyclic amines) is 1. The Kier molecular flexibility index (Phi) is 7.43. The molecule has 0 unspecified atom stereocenters. The van der Waals surface area contributed by atoms with Gasteiger partial charge < -0.3 is 24.4 Å². The van der Waals surface area contributed by atoms with E-state index in [1.54, 1.807) is 14.2 Å². The number of carbonyl (C=O) groups is 1. The van der Waals surface area contributed by atoms with E-state index in [-0.39, 0.29) is 16.9 Å². The van der Waals surface area contributed by atoms with Crippen LogP contribution >= 0.6 is 0 Å². The highest BCUT2D eigenvalue weighted by atomic mass is 16.4. The fraction of sp³-hybridized carbons (Fsp3) is 0.464. The lowest BCUT2D eigenvalue weighted by atomic mass is 10.1. The number of para-hydroxylation sites is 2. The van der Waals surface area contributed by atoms with Crippen molar-refractivity contribution < 1.29 is 9.53 Å². The third-order valence-electron chi connectivity index (χ3n) is 7.35. The zero-order chi connectivity index (χ0) is 25.9. The zero-order valence-electron chi connectivity index (χ0n) is 22.0. The Bertz CT molecular complexity index is 1480. The lowest BCUT2D eigenvalue weighted by Crippen LogP contribution is -2.36. The summed E-state index contributed by atoms with van der Waals surface area (Å²) in [6, 6.07) is 11.7. The number of carbonyl (C=O) groups excluding carboxylic acids is 1. The lowest BCUT2D eigenvalue weighted by molar-refractivity contribution is 0.0950. The van der Waals surface area contributed by atoms with Crippen molar-refractivity contribution >= 4 is 39.4 Å². The first-order valence-electron chi connectivity index (χ1n) is 13.1. The van der Waals surface area contributed by atoms with Crippen LogP contribution < -0.4 is 15.6 Å². The molecule has 196 valence electrons. The smallest absolute Gasteiger partial charge is 0.259 e. The molecule has 6 rings (SSSR count). The zero-order valence-corrected chi connectivity index (χ0v) is 22.0. The fourth-order valence-electron chi connectivity index (χ4n) is 5.58. The van der Waals surface area contributed by atoms with Crippen molar-refractivity contribution in [1.82, 2.24) is 24.2 Å². The quantitative estimate of drug-likeness (QED) is 0.450. The number of aryl methyl sites for hydroxylation is 1. The minimum absolute atomic E-state index is 0.184. The normalized spacial score (nSPS) is 16.0. The molecule has 2 aliphatic rings. The molecule has 2 aliphatic heterocycles. The van der Waals surface area contributed by atoms with Crippen molar-refractivity contribution in [3.05, 3.63) is 52.2 Å². The molecule has 0 atom stereocenters. The molecule has 1 amide bonds. The highest BCUT2D eigenvalue weighted by molar-refractivity contribution is 6.05.